The number of fused-ring (bicyclic) bond motifs is 4. The molecule has 1 heterocycles. The van der Waals surface area contributed by atoms with Crippen LogP contribution in [0.3, 0.4) is 0 Å². The fourth-order valence-corrected chi connectivity index (χ4v) is 8.61. The van der Waals surface area contributed by atoms with Crippen LogP contribution in [0.2, 0.25) is 0 Å². The van der Waals surface area contributed by atoms with Crippen molar-refractivity contribution in [1.82, 2.24) is 5.32 Å². The SMILES string of the molecule is CC[C@@H]1C[C@]2(C)C=C(C)[C@H](C)C[C@]23NC(=O)C(=C([O-])[C@@]2(C)[C@@H]4CCC[C@H](O)[C@H]4C=C[C@H]2C[C@H]1O)C3=O. The summed E-state index contributed by atoms with van der Waals surface area (Å²) >= 11 is 0. The Morgan fingerprint density at radius 3 is 2.53 bits per heavy atom. The van der Waals surface area contributed by atoms with Crippen LogP contribution in [0.15, 0.2) is 35.1 Å². The summed E-state index contributed by atoms with van der Waals surface area (Å²) in [6.07, 6.45) is 9.33. The molecule has 0 aromatic rings. The van der Waals surface area contributed by atoms with Crippen LogP contribution in [0.1, 0.15) is 79.6 Å². The molecule has 4 aliphatic carbocycles. The van der Waals surface area contributed by atoms with Gasteiger partial charge in [-0.2, -0.15) is 0 Å². The number of aliphatic hydroxyl groups excluding tert-OH is 2. The summed E-state index contributed by atoms with van der Waals surface area (Å²) in [5.41, 5.74) is -1.98. The van der Waals surface area contributed by atoms with E-state index in [1.807, 2.05) is 26.0 Å². The van der Waals surface area contributed by atoms with E-state index >= 15 is 0 Å². The molecule has 2 fully saturated rings. The van der Waals surface area contributed by atoms with Gasteiger partial charge in [-0.1, -0.05) is 64.3 Å². The Morgan fingerprint density at radius 1 is 1.11 bits per heavy atom. The van der Waals surface area contributed by atoms with E-state index in [9.17, 15) is 24.9 Å². The molecule has 2 bridgehead atoms. The molecule has 5 aliphatic rings. The molecule has 5 rings (SSSR count). The first-order valence-electron chi connectivity index (χ1n) is 13.9. The van der Waals surface area contributed by atoms with Crippen LogP contribution in [0.25, 0.3) is 0 Å². The summed E-state index contributed by atoms with van der Waals surface area (Å²) in [5, 5.41) is 40.0. The third kappa shape index (κ3) is 3.36. The molecule has 0 aromatic heterocycles. The van der Waals surface area contributed by atoms with E-state index in [0.29, 0.717) is 25.7 Å². The number of aliphatic hydroxyl groups is 2. The minimum absolute atomic E-state index is 0.0846. The maximum Gasteiger partial charge on any atom is 0.254 e. The maximum atomic E-state index is 14.5. The third-order valence-electron chi connectivity index (χ3n) is 11.1. The number of hydrogen-bond acceptors (Lipinski definition) is 5. The number of nitrogens with one attached hydrogen (secondary N) is 1. The van der Waals surface area contributed by atoms with Crippen LogP contribution >= 0.6 is 0 Å². The first-order valence-corrected chi connectivity index (χ1v) is 13.9. The van der Waals surface area contributed by atoms with Crippen molar-refractivity contribution in [1.29, 1.82) is 0 Å². The van der Waals surface area contributed by atoms with Crippen molar-refractivity contribution in [2.45, 2.75) is 97.3 Å². The first kappa shape index (κ1) is 25.7. The second-order valence-corrected chi connectivity index (χ2v) is 12.9. The van der Waals surface area contributed by atoms with Gasteiger partial charge in [-0.15, -0.1) is 5.76 Å². The Balaban J connectivity index is 1.76. The molecule has 1 aliphatic heterocycles. The van der Waals surface area contributed by atoms with Crippen LogP contribution < -0.4 is 10.4 Å². The van der Waals surface area contributed by atoms with Crippen molar-refractivity contribution in [3.8, 4) is 0 Å². The highest BCUT2D eigenvalue weighted by Crippen LogP contribution is 2.58. The average Bonchev–Trinajstić information content (AvgIpc) is 3.07. The van der Waals surface area contributed by atoms with Gasteiger partial charge in [0.2, 0.25) is 0 Å². The topological polar surface area (TPSA) is 110 Å². The number of carbonyl (C=O) groups excluding carboxylic acids is 2. The first-order chi connectivity index (χ1) is 16.9. The van der Waals surface area contributed by atoms with E-state index in [1.54, 1.807) is 0 Å². The second-order valence-electron chi connectivity index (χ2n) is 12.9. The van der Waals surface area contributed by atoms with Gasteiger partial charge in [-0.05, 0) is 68.1 Å². The zero-order valence-corrected chi connectivity index (χ0v) is 22.3. The number of amides is 1. The minimum Gasteiger partial charge on any atom is -0.874 e. The van der Waals surface area contributed by atoms with Crippen molar-refractivity contribution >= 4 is 11.7 Å². The Morgan fingerprint density at radius 2 is 1.83 bits per heavy atom. The summed E-state index contributed by atoms with van der Waals surface area (Å²) in [4.78, 5) is 28.0. The Kier molecular flexibility index (Phi) is 6.11. The molecule has 0 unspecified atom stereocenters. The molecule has 1 saturated carbocycles. The molecule has 198 valence electrons. The Labute approximate surface area is 214 Å². The summed E-state index contributed by atoms with van der Waals surface area (Å²) in [7, 11) is 0. The number of carbonyl (C=O) groups is 2. The quantitative estimate of drug-likeness (QED) is 0.382. The Bertz CT molecular complexity index is 1060. The lowest BCUT2D eigenvalue weighted by Gasteiger charge is -2.55. The summed E-state index contributed by atoms with van der Waals surface area (Å²) in [6.45, 7) is 10.1. The predicted octanol–water partition coefficient (Wildman–Crippen LogP) is 3.18. The van der Waals surface area contributed by atoms with E-state index < -0.39 is 40.2 Å². The smallest absolute Gasteiger partial charge is 0.254 e. The third-order valence-corrected chi connectivity index (χ3v) is 11.1. The van der Waals surface area contributed by atoms with Crippen molar-refractivity contribution in [3.63, 3.8) is 0 Å². The van der Waals surface area contributed by atoms with Gasteiger partial charge in [0.05, 0.1) is 17.8 Å². The molecular weight excluding hydrogens is 454 g/mol. The van der Waals surface area contributed by atoms with Crippen molar-refractivity contribution < 1.29 is 24.9 Å². The largest absolute Gasteiger partial charge is 0.874 e. The molecule has 6 heteroatoms. The minimum atomic E-state index is -1.19. The summed E-state index contributed by atoms with van der Waals surface area (Å²) in [5.74, 6) is -1.99. The van der Waals surface area contributed by atoms with Crippen LogP contribution in [0.5, 0.6) is 0 Å². The van der Waals surface area contributed by atoms with E-state index in [0.717, 1.165) is 19.3 Å². The normalized spacial score (nSPS) is 48.9. The van der Waals surface area contributed by atoms with Gasteiger partial charge in [0.1, 0.15) is 5.54 Å². The highest BCUT2D eigenvalue weighted by atomic mass is 16.3. The van der Waals surface area contributed by atoms with E-state index in [4.69, 9.17) is 0 Å². The second kappa shape index (κ2) is 8.56. The number of hydrogen-bond donors (Lipinski definition) is 3. The van der Waals surface area contributed by atoms with Gasteiger partial charge in [0, 0.05) is 11.3 Å². The van der Waals surface area contributed by atoms with Crippen LogP contribution in [-0.2, 0) is 9.59 Å². The number of allylic oxidation sites excluding steroid dienone is 3. The zero-order chi connectivity index (χ0) is 26.2. The molecule has 1 amide bonds. The lowest BCUT2D eigenvalue weighted by molar-refractivity contribution is -0.337. The van der Waals surface area contributed by atoms with Gasteiger partial charge in [0.15, 0.2) is 5.78 Å². The van der Waals surface area contributed by atoms with Gasteiger partial charge < -0.3 is 20.6 Å². The fourth-order valence-electron chi connectivity index (χ4n) is 8.61. The maximum absolute atomic E-state index is 14.5. The molecule has 1 spiro atoms. The van der Waals surface area contributed by atoms with Crippen molar-refractivity contribution in [3.05, 3.63) is 35.1 Å². The van der Waals surface area contributed by atoms with E-state index in [1.165, 1.54) is 5.57 Å². The van der Waals surface area contributed by atoms with Crippen LogP contribution in [-0.4, -0.2) is 39.7 Å². The van der Waals surface area contributed by atoms with E-state index in [2.05, 4.69) is 32.2 Å². The number of ketones is 1. The fraction of sp³-hybridized carbons (Fsp3) is 0.733. The van der Waals surface area contributed by atoms with Gasteiger partial charge in [-0.3, -0.25) is 9.59 Å². The van der Waals surface area contributed by atoms with Gasteiger partial charge >= 0.3 is 0 Å². The molecular formula is C30H42NO5-. The monoisotopic (exact) mass is 496 g/mol. The highest BCUT2D eigenvalue weighted by Gasteiger charge is 2.63. The molecule has 1 saturated heterocycles. The molecule has 6 nitrogen and oxygen atoms in total. The van der Waals surface area contributed by atoms with E-state index in [-0.39, 0.29) is 40.9 Å². The van der Waals surface area contributed by atoms with Gasteiger partial charge in [0.25, 0.3) is 5.91 Å². The van der Waals surface area contributed by atoms with Gasteiger partial charge in [-0.25, -0.2) is 0 Å². The molecule has 3 N–H and O–H groups in total. The number of rotatable bonds is 1. The standard InChI is InChI=1S/C30H43NO5/c1-6-18-15-28(4)13-16(2)17(3)14-30(28)26(35)24(27(36)31-30)25(34)29(5)19(12-23(18)33)10-11-20-21(29)8-7-9-22(20)32/h10-11,13,17-23,32-34H,6-9,12,14-15H2,1-5H3,(H,31,36)/p-1/t17-,18-,19+,20+,21-,22+,23-,28+,29-,30-/m1/s1. The lowest BCUT2D eigenvalue weighted by atomic mass is 9.53. The molecule has 10 atom stereocenters. The molecule has 0 aromatic carbocycles. The van der Waals surface area contributed by atoms with Crippen LogP contribution in [0.4, 0.5) is 0 Å². The van der Waals surface area contributed by atoms with Crippen LogP contribution in [0, 0.1) is 40.4 Å². The Hall–Kier alpha value is -1.92. The van der Waals surface area contributed by atoms with Crippen molar-refractivity contribution in [2.75, 3.05) is 0 Å². The predicted molar refractivity (Wildman–Crippen MR) is 135 cm³/mol. The van der Waals surface area contributed by atoms with Crippen molar-refractivity contribution in [2.24, 2.45) is 40.4 Å². The number of Topliss-reactive ketones (excluding diaryl/α,β-unsaturated/α-hetero) is 1. The zero-order valence-electron chi connectivity index (χ0n) is 22.3. The molecule has 36 heavy (non-hydrogen) atoms. The molecule has 0 radical (unpaired) electrons. The summed E-state index contributed by atoms with van der Waals surface area (Å²) < 4.78 is 0. The highest BCUT2D eigenvalue weighted by molar-refractivity contribution is 6.29. The summed E-state index contributed by atoms with van der Waals surface area (Å²) in [6, 6.07) is 0. The average molecular weight is 497 g/mol. The lowest BCUT2D eigenvalue weighted by Crippen LogP contribution is -2.61.